The van der Waals surface area contributed by atoms with Gasteiger partial charge in [0.2, 0.25) is 0 Å². The Hall–Kier alpha value is -1.98. The van der Waals surface area contributed by atoms with Gasteiger partial charge in [-0.05, 0) is 18.9 Å². The average molecular weight is 339 g/mol. The molecule has 0 unspecified atom stereocenters. The van der Waals surface area contributed by atoms with Crippen LogP contribution in [0.4, 0.5) is 0 Å². The fraction of sp³-hybridized carbons (Fsp3) is 0.500. The highest BCUT2D eigenvalue weighted by Gasteiger charge is 2.31. The molecule has 3 heterocycles. The summed E-state index contributed by atoms with van der Waals surface area (Å²) in [6.45, 7) is 8.79. The summed E-state index contributed by atoms with van der Waals surface area (Å²) >= 11 is 0. The second-order valence-corrected chi connectivity index (χ2v) is 7.37. The molecule has 25 heavy (non-hydrogen) atoms. The van der Waals surface area contributed by atoms with Gasteiger partial charge in [0.15, 0.2) is 5.79 Å². The van der Waals surface area contributed by atoms with Crippen molar-refractivity contribution in [3.8, 4) is 0 Å². The zero-order valence-corrected chi connectivity index (χ0v) is 15.2. The van der Waals surface area contributed by atoms with Gasteiger partial charge in [-0.25, -0.2) is 4.98 Å². The largest absolute Gasteiger partial charge is 0.348 e. The van der Waals surface area contributed by atoms with E-state index in [-0.39, 0.29) is 0 Å². The lowest BCUT2D eigenvalue weighted by Crippen LogP contribution is -2.26. The van der Waals surface area contributed by atoms with E-state index < -0.39 is 5.79 Å². The fourth-order valence-corrected chi connectivity index (χ4v) is 3.60. The number of ether oxygens (including phenoxy) is 2. The van der Waals surface area contributed by atoms with Crippen molar-refractivity contribution < 1.29 is 9.47 Å². The monoisotopic (exact) mass is 339 g/mol. The molecular weight excluding hydrogens is 314 g/mol. The first kappa shape index (κ1) is 16.5. The third-order valence-electron chi connectivity index (χ3n) is 4.81. The lowest BCUT2D eigenvalue weighted by atomic mass is 10.1. The zero-order valence-electron chi connectivity index (χ0n) is 15.2. The SMILES string of the molecule is CC(C)Cn1c(CCC2(C)OCCO2)nc2cnc3ccccc3c21. The van der Waals surface area contributed by atoms with Crippen molar-refractivity contribution in [3.05, 3.63) is 36.3 Å². The van der Waals surface area contributed by atoms with E-state index in [9.17, 15) is 0 Å². The first-order valence-electron chi connectivity index (χ1n) is 9.06. The van der Waals surface area contributed by atoms with Crippen molar-refractivity contribution in [1.82, 2.24) is 14.5 Å². The quantitative estimate of drug-likeness (QED) is 0.706. The summed E-state index contributed by atoms with van der Waals surface area (Å²) in [5, 5.41) is 1.17. The Labute approximate surface area is 148 Å². The van der Waals surface area contributed by atoms with Crippen LogP contribution in [-0.2, 0) is 22.4 Å². The van der Waals surface area contributed by atoms with Crippen molar-refractivity contribution in [3.63, 3.8) is 0 Å². The second kappa shape index (κ2) is 6.39. The Bertz CT molecular complexity index is 894. The maximum atomic E-state index is 5.76. The van der Waals surface area contributed by atoms with E-state index >= 15 is 0 Å². The van der Waals surface area contributed by atoms with Gasteiger partial charge in [0.25, 0.3) is 0 Å². The molecular formula is C20H25N3O2. The molecule has 1 saturated heterocycles. The molecule has 5 heteroatoms. The number of nitrogens with zero attached hydrogens (tertiary/aromatic N) is 3. The fourth-order valence-electron chi connectivity index (χ4n) is 3.60. The molecule has 1 aliphatic heterocycles. The number of imidazole rings is 1. The number of fused-ring (bicyclic) bond motifs is 3. The average Bonchev–Trinajstić information content (AvgIpc) is 3.17. The number of hydrogen-bond acceptors (Lipinski definition) is 4. The van der Waals surface area contributed by atoms with Gasteiger partial charge in [-0.2, -0.15) is 0 Å². The third-order valence-corrected chi connectivity index (χ3v) is 4.81. The van der Waals surface area contributed by atoms with E-state index in [1.807, 2.05) is 19.2 Å². The Morgan fingerprint density at radius 2 is 1.92 bits per heavy atom. The highest BCUT2D eigenvalue weighted by Crippen LogP contribution is 2.29. The summed E-state index contributed by atoms with van der Waals surface area (Å²) in [5.41, 5.74) is 3.17. The lowest BCUT2D eigenvalue weighted by Gasteiger charge is -2.22. The molecule has 3 aromatic rings. The van der Waals surface area contributed by atoms with E-state index in [4.69, 9.17) is 14.5 Å². The summed E-state index contributed by atoms with van der Waals surface area (Å²) in [5.74, 6) is 1.14. The molecule has 0 amide bonds. The highest BCUT2D eigenvalue weighted by molar-refractivity contribution is 6.02. The first-order valence-corrected chi connectivity index (χ1v) is 9.06. The highest BCUT2D eigenvalue weighted by atomic mass is 16.7. The molecule has 132 valence electrons. The number of pyridine rings is 1. The van der Waals surface area contributed by atoms with E-state index in [1.54, 1.807) is 0 Å². The molecule has 0 atom stereocenters. The molecule has 0 N–H and O–H groups in total. The van der Waals surface area contributed by atoms with Crippen LogP contribution < -0.4 is 0 Å². The van der Waals surface area contributed by atoms with Crippen molar-refractivity contribution >= 4 is 21.9 Å². The van der Waals surface area contributed by atoms with Gasteiger partial charge < -0.3 is 14.0 Å². The van der Waals surface area contributed by atoms with Gasteiger partial charge in [0.1, 0.15) is 11.3 Å². The van der Waals surface area contributed by atoms with E-state index in [0.29, 0.717) is 19.1 Å². The van der Waals surface area contributed by atoms with Gasteiger partial charge in [-0.1, -0.05) is 32.0 Å². The first-order chi connectivity index (χ1) is 12.1. The van der Waals surface area contributed by atoms with Crippen LogP contribution >= 0.6 is 0 Å². The summed E-state index contributed by atoms with van der Waals surface area (Å²) in [6.07, 6.45) is 3.52. The number of benzene rings is 1. The smallest absolute Gasteiger partial charge is 0.166 e. The van der Waals surface area contributed by atoms with Gasteiger partial charge in [0, 0.05) is 24.8 Å². The van der Waals surface area contributed by atoms with Crippen molar-refractivity contribution in [2.24, 2.45) is 5.92 Å². The van der Waals surface area contributed by atoms with E-state index in [2.05, 4.69) is 41.6 Å². The zero-order chi connectivity index (χ0) is 17.4. The molecule has 5 nitrogen and oxygen atoms in total. The molecule has 0 radical (unpaired) electrons. The van der Waals surface area contributed by atoms with Gasteiger partial charge in [-0.3, -0.25) is 4.98 Å². The minimum atomic E-state index is -0.485. The molecule has 1 aromatic carbocycles. The van der Waals surface area contributed by atoms with Gasteiger partial charge in [-0.15, -0.1) is 0 Å². The van der Waals surface area contributed by atoms with Crippen molar-refractivity contribution in [1.29, 1.82) is 0 Å². The molecule has 0 saturated carbocycles. The molecule has 0 bridgehead atoms. The van der Waals surface area contributed by atoms with E-state index in [0.717, 1.165) is 36.2 Å². The number of aryl methyl sites for hydroxylation is 1. The van der Waals surface area contributed by atoms with Crippen LogP contribution in [-0.4, -0.2) is 33.5 Å². The van der Waals surface area contributed by atoms with Crippen LogP contribution in [0.25, 0.3) is 21.9 Å². The molecule has 4 rings (SSSR count). The Morgan fingerprint density at radius 3 is 2.68 bits per heavy atom. The Balaban J connectivity index is 1.78. The second-order valence-electron chi connectivity index (χ2n) is 7.37. The molecule has 0 spiro atoms. The molecule has 1 aliphatic rings. The maximum absolute atomic E-state index is 5.76. The van der Waals surface area contributed by atoms with Crippen molar-refractivity contribution in [2.75, 3.05) is 13.2 Å². The van der Waals surface area contributed by atoms with Crippen LogP contribution in [0.5, 0.6) is 0 Å². The minimum absolute atomic E-state index is 0.485. The Kier molecular flexibility index (Phi) is 4.21. The number of rotatable bonds is 5. The normalized spacial score (nSPS) is 17.1. The van der Waals surface area contributed by atoms with Crippen LogP contribution in [0, 0.1) is 5.92 Å². The standard InChI is InChI=1S/C20H25N3O2/c1-14(2)13-23-18(8-9-20(3)24-10-11-25-20)22-17-12-21-16-7-5-4-6-15(16)19(17)23/h4-7,12,14H,8-11,13H2,1-3H3. The third kappa shape index (κ3) is 3.14. The van der Waals surface area contributed by atoms with Crippen LogP contribution in [0.1, 0.15) is 33.0 Å². The topological polar surface area (TPSA) is 49.2 Å². The molecule has 2 aromatic heterocycles. The molecule has 0 aliphatic carbocycles. The number of para-hydroxylation sites is 1. The van der Waals surface area contributed by atoms with Crippen LogP contribution in [0.3, 0.4) is 0 Å². The predicted octanol–water partition coefficient (Wildman–Crippen LogP) is 3.94. The van der Waals surface area contributed by atoms with Crippen LogP contribution in [0.2, 0.25) is 0 Å². The summed E-state index contributed by atoms with van der Waals surface area (Å²) in [7, 11) is 0. The van der Waals surface area contributed by atoms with Gasteiger partial charge in [0.05, 0.1) is 30.4 Å². The van der Waals surface area contributed by atoms with Gasteiger partial charge >= 0.3 is 0 Å². The summed E-state index contributed by atoms with van der Waals surface area (Å²) in [6, 6.07) is 8.29. The van der Waals surface area contributed by atoms with Crippen LogP contribution in [0.15, 0.2) is 30.5 Å². The lowest BCUT2D eigenvalue weighted by molar-refractivity contribution is -0.146. The predicted molar refractivity (Wildman–Crippen MR) is 98.5 cm³/mol. The Morgan fingerprint density at radius 1 is 1.16 bits per heavy atom. The summed E-state index contributed by atoms with van der Waals surface area (Å²) in [4.78, 5) is 9.47. The minimum Gasteiger partial charge on any atom is -0.348 e. The van der Waals surface area contributed by atoms with E-state index in [1.165, 1.54) is 10.9 Å². The maximum Gasteiger partial charge on any atom is 0.166 e. The molecule has 1 fully saturated rings. The number of hydrogen-bond donors (Lipinski definition) is 0. The summed E-state index contributed by atoms with van der Waals surface area (Å²) < 4.78 is 13.9. The number of aromatic nitrogens is 3. The van der Waals surface area contributed by atoms with Crippen molar-refractivity contribution in [2.45, 2.75) is 45.9 Å².